The van der Waals surface area contributed by atoms with E-state index in [-0.39, 0.29) is 17.4 Å². The first-order valence-corrected chi connectivity index (χ1v) is 12.5. The number of benzene rings is 1. The Bertz CT molecular complexity index is 1160. The van der Waals surface area contributed by atoms with Crippen LogP contribution in [-0.4, -0.2) is 21.2 Å². The number of amides is 1. The summed E-state index contributed by atoms with van der Waals surface area (Å²) in [6, 6.07) is 5.58. The van der Waals surface area contributed by atoms with E-state index in [9.17, 15) is 9.59 Å². The maximum Gasteiger partial charge on any atom is 0.266 e. The third kappa shape index (κ3) is 2.96. The molecule has 4 nitrogen and oxygen atoms in total. The number of thioether (sulfide) groups is 1. The average Bonchev–Trinajstić information content (AvgIpc) is 2.97. The largest absolute Gasteiger partial charge is 0.463 e. The summed E-state index contributed by atoms with van der Waals surface area (Å²) >= 11 is 10.4. The zero-order chi connectivity index (χ0) is 20.6. The Hall–Kier alpha value is -1.44. The van der Waals surface area contributed by atoms with Crippen molar-refractivity contribution in [3.8, 4) is 0 Å². The molecule has 1 amide bonds. The molecule has 1 aliphatic heterocycles. The second-order valence-corrected chi connectivity index (χ2v) is 11.7. The number of carbonyl (C=O) groups is 1. The minimum atomic E-state index is -0.141. The Morgan fingerprint density at radius 3 is 2.50 bits per heavy atom. The molecule has 7 heteroatoms. The maximum absolute atomic E-state index is 13.4. The molecule has 0 atom stereocenters. The lowest BCUT2D eigenvalue weighted by Crippen LogP contribution is -2.57. The van der Waals surface area contributed by atoms with Gasteiger partial charge in [-0.2, -0.15) is 0 Å². The molecule has 1 saturated heterocycles. The Kier molecular flexibility index (Phi) is 4.52. The van der Waals surface area contributed by atoms with Crippen molar-refractivity contribution in [1.29, 1.82) is 0 Å². The number of rotatable bonds is 2. The first-order chi connectivity index (χ1) is 14.5. The van der Waals surface area contributed by atoms with E-state index in [1.54, 1.807) is 18.2 Å². The van der Waals surface area contributed by atoms with Crippen molar-refractivity contribution >= 4 is 67.2 Å². The van der Waals surface area contributed by atoms with Gasteiger partial charge in [0.25, 0.3) is 5.91 Å². The molecule has 154 valence electrons. The van der Waals surface area contributed by atoms with Crippen LogP contribution >= 0.6 is 39.9 Å². The predicted molar refractivity (Wildman–Crippen MR) is 126 cm³/mol. The molecule has 0 unspecified atom stereocenters. The van der Waals surface area contributed by atoms with E-state index in [1.807, 2.05) is 11.0 Å². The summed E-state index contributed by atoms with van der Waals surface area (Å²) in [6.45, 7) is 0. The third-order valence-corrected chi connectivity index (χ3v) is 9.17. The molecule has 4 aliphatic carbocycles. The molecule has 4 bridgehead atoms. The second-order valence-electron chi connectivity index (χ2n) is 9.13. The van der Waals surface area contributed by atoms with Crippen molar-refractivity contribution in [1.82, 2.24) is 4.90 Å². The molecule has 5 fully saturated rings. The van der Waals surface area contributed by atoms with Crippen LogP contribution in [0.25, 0.3) is 17.0 Å². The van der Waals surface area contributed by atoms with Crippen LogP contribution in [0.4, 0.5) is 0 Å². The minimum Gasteiger partial charge on any atom is -0.463 e. The highest BCUT2D eigenvalue weighted by atomic mass is 79.9. The van der Waals surface area contributed by atoms with Gasteiger partial charge in [-0.05, 0) is 80.1 Å². The van der Waals surface area contributed by atoms with Gasteiger partial charge in [0.05, 0.1) is 15.9 Å². The van der Waals surface area contributed by atoms with Crippen molar-refractivity contribution in [2.45, 2.75) is 38.1 Å². The highest BCUT2D eigenvalue weighted by Gasteiger charge is 2.53. The van der Waals surface area contributed by atoms with Gasteiger partial charge in [0.15, 0.2) is 5.43 Å². The highest BCUT2D eigenvalue weighted by molar-refractivity contribution is 9.10. The van der Waals surface area contributed by atoms with Crippen molar-refractivity contribution in [3.05, 3.63) is 49.6 Å². The number of hydrogen-bond acceptors (Lipinski definition) is 5. The summed E-state index contributed by atoms with van der Waals surface area (Å²) in [7, 11) is 0. The van der Waals surface area contributed by atoms with Gasteiger partial charge < -0.3 is 4.42 Å². The number of thiocarbonyl (C=S) groups is 1. The van der Waals surface area contributed by atoms with Gasteiger partial charge in [-0.25, -0.2) is 0 Å². The molecule has 5 aliphatic rings. The lowest BCUT2D eigenvalue weighted by Gasteiger charge is -2.56. The maximum atomic E-state index is 13.4. The Labute approximate surface area is 192 Å². The Morgan fingerprint density at radius 2 is 1.80 bits per heavy atom. The molecule has 0 spiro atoms. The number of nitrogens with zero attached hydrogens (tertiary/aromatic N) is 1. The lowest BCUT2D eigenvalue weighted by molar-refractivity contribution is -0.130. The summed E-state index contributed by atoms with van der Waals surface area (Å²) in [5.41, 5.74) is 0.769. The van der Waals surface area contributed by atoms with Crippen LogP contribution < -0.4 is 5.43 Å². The van der Waals surface area contributed by atoms with E-state index in [0.717, 1.165) is 16.3 Å². The SMILES string of the molecule is O=C1C(=Cc2coc3ccc(Br)cc3c2=O)SC(=S)N1C1C2CC3CC(C2)CC1C3. The molecule has 30 heavy (non-hydrogen) atoms. The number of halogens is 1. The Balaban J connectivity index is 1.34. The molecule has 4 saturated carbocycles. The molecule has 0 radical (unpaired) electrons. The smallest absolute Gasteiger partial charge is 0.266 e. The van der Waals surface area contributed by atoms with Crippen LogP contribution in [0, 0.1) is 23.7 Å². The zero-order valence-corrected chi connectivity index (χ0v) is 19.4. The van der Waals surface area contributed by atoms with Gasteiger partial charge in [0.1, 0.15) is 16.2 Å². The van der Waals surface area contributed by atoms with Crippen molar-refractivity contribution < 1.29 is 9.21 Å². The van der Waals surface area contributed by atoms with E-state index in [0.29, 0.717) is 37.6 Å². The number of carbonyl (C=O) groups excluding carboxylic acids is 1. The predicted octanol–water partition coefficient (Wildman–Crippen LogP) is 5.58. The number of hydrogen-bond donors (Lipinski definition) is 0. The summed E-state index contributed by atoms with van der Waals surface area (Å²) in [5.74, 6) is 2.80. The van der Waals surface area contributed by atoms with Gasteiger partial charge in [-0.3, -0.25) is 14.5 Å². The van der Waals surface area contributed by atoms with Crippen LogP contribution in [0.5, 0.6) is 0 Å². The van der Waals surface area contributed by atoms with Crippen LogP contribution in [0.1, 0.15) is 37.7 Å². The molecule has 0 N–H and O–H groups in total. The van der Waals surface area contributed by atoms with E-state index in [4.69, 9.17) is 16.6 Å². The van der Waals surface area contributed by atoms with Gasteiger partial charge in [-0.15, -0.1) is 0 Å². The fraction of sp³-hybridized carbons (Fsp3) is 0.435. The molecular weight excluding hydrogens is 482 g/mol. The van der Waals surface area contributed by atoms with Crippen LogP contribution in [0.3, 0.4) is 0 Å². The molecule has 7 rings (SSSR count). The second kappa shape index (κ2) is 7.04. The molecular formula is C23H20BrNO3S2. The van der Waals surface area contributed by atoms with Crippen molar-refractivity contribution in [3.63, 3.8) is 0 Å². The third-order valence-electron chi connectivity index (χ3n) is 7.35. The van der Waals surface area contributed by atoms with Crippen LogP contribution in [0.2, 0.25) is 0 Å². The summed E-state index contributed by atoms with van der Waals surface area (Å²) < 4.78 is 7.09. The molecule has 2 heterocycles. The van der Waals surface area contributed by atoms with Gasteiger partial charge in [0, 0.05) is 10.5 Å². The van der Waals surface area contributed by atoms with E-state index < -0.39 is 0 Å². The quantitative estimate of drug-likeness (QED) is 0.397. The summed E-state index contributed by atoms with van der Waals surface area (Å²) in [4.78, 5) is 28.7. The standard InChI is InChI=1S/C23H20BrNO3S2/c24-16-1-2-18-17(9-16)21(26)15(10-28-18)8-19-22(27)25(23(29)30-19)20-13-4-11-3-12(6-13)7-14(20)5-11/h1-2,8-14,20H,3-7H2. The lowest BCUT2D eigenvalue weighted by atomic mass is 9.54. The highest BCUT2D eigenvalue weighted by Crippen LogP contribution is 2.56. The Morgan fingerprint density at radius 1 is 1.10 bits per heavy atom. The molecule has 1 aromatic heterocycles. The minimum absolute atomic E-state index is 0.0452. The van der Waals surface area contributed by atoms with E-state index >= 15 is 0 Å². The number of fused-ring (bicyclic) bond motifs is 1. The van der Waals surface area contributed by atoms with Crippen molar-refractivity contribution in [2.24, 2.45) is 23.7 Å². The molecule has 2 aromatic rings. The zero-order valence-electron chi connectivity index (χ0n) is 16.2. The van der Waals surface area contributed by atoms with Crippen molar-refractivity contribution in [2.75, 3.05) is 0 Å². The summed E-state index contributed by atoms with van der Waals surface area (Å²) in [5, 5.41) is 0.495. The fourth-order valence-electron chi connectivity index (χ4n) is 6.41. The monoisotopic (exact) mass is 501 g/mol. The average molecular weight is 502 g/mol. The van der Waals surface area contributed by atoms with Gasteiger partial charge in [0.2, 0.25) is 0 Å². The fourth-order valence-corrected chi connectivity index (χ4v) is 8.11. The van der Waals surface area contributed by atoms with Crippen LogP contribution in [0.15, 0.2) is 43.1 Å². The molecule has 1 aromatic carbocycles. The topological polar surface area (TPSA) is 50.5 Å². The van der Waals surface area contributed by atoms with E-state index in [1.165, 1.54) is 50.1 Å². The van der Waals surface area contributed by atoms with Crippen LogP contribution in [-0.2, 0) is 4.79 Å². The van der Waals surface area contributed by atoms with Gasteiger partial charge in [-0.1, -0.05) is 39.9 Å². The first-order valence-electron chi connectivity index (χ1n) is 10.5. The van der Waals surface area contributed by atoms with Gasteiger partial charge >= 0.3 is 0 Å². The van der Waals surface area contributed by atoms with E-state index in [2.05, 4.69) is 15.9 Å². The summed E-state index contributed by atoms with van der Waals surface area (Å²) in [6.07, 6.45) is 9.41. The first kappa shape index (κ1) is 19.3. The normalized spacial score (nSPS) is 34.0.